The van der Waals surface area contributed by atoms with E-state index in [0.717, 1.165) is 38.5 Å². The van der Waals surface area contributed by atoms with Crippen molar-refractivity contribution in [3.8, 4) is 0 Å². The van der Waals surface area contributed by atoms with Crippen LogP contribution in [-0.2, 0) is 14.3 Å². The minimum Gasteiger partial charge on any atom is -0.464 e. The highest BCUT2D eigenvalue weighted by Gasteiger charge is 2.32. The Labute approximate surface area is 173 Å². The molecule has 0 bridgehead atoms. The minimum atomic E-state index is -0.608. The van der Waals surface area contributed by atoms with E-state index in [-0.39, 0.29) is 11.9 Å². The molecule has 0 aromatic heterocycles. The zero-order chi connectivity index (χ0) is 21.4. The highest BCUT2D eigenvalue weighted by atomic mass is 16.6. The number of esters is 1. The first-order chi connectivity index (χ1) is 13.4. The molecular weight excluding hydrogens is 354 g/mol. The molecule has 0 aliphatic heterocycles. The molecule has 0 radical (unpaired) electrons. The van der Waals surface area contributed by atoms with Gasteiger partial charge in [-0.3, -0.25) is 4.90 Å². The normalized spacial score (nSPS) is 13.2. The number of nitrogens with zero attached hydrogens (tertiary/aromatic N) is 1. The van der Waals surface area contributed by atoms with Crippen LogP contribution in [0.4, 0.5) is 4.79 Å². The molecule has 0 aromatic rings. The maximum atomic E-state index is 12.5. The molecule has 0 aliphatic rings. The lowest BCUT2D eigenvalue weighted by atomic mass is 10.0. The second-order valence-corrected chi connectivity index (χ2v) is 8.23. The van der Waals surface area contributed by atoms with Gasteiger partial charge in [-0.25, -0.2) is 9.59 Å². The van der Waals surface area contributed by atoms with Gasteiger partial charge in [-0.1, -0.05) is 86.0 Å². The van der Waals surface area contributed by atoms with Crippen LogP contribution in [0.2, 0.25) is 0 Å². The van der Waals surface area contributed by atoms with E-state index in [0.29, 0.717) is 19.1 Å². The average Bonchev–Trinajstić information content (AvgIpc) is 2.66. The largest absolute Gasteiger partial charge is 0.464 e. The quantitative estimate of drug-likeness (QED) is 0.229. The Morgan fingerprint density at radius 1 is 0.857 bits per heavy atom. The van der Waals surface area contributed by atoms with Crippen molar-refractivity contribution in [1.29, 1.82) is 0 Å². The van der Waals surface area contributed by atoms with E-state index in [1.54, 1.807) is 7.05 Å². The molecule has 2 unspecified atom stereocenters. The van der Waals surface area contributed by atoms with Crippen LogP contribution in [0, 0.1) is 11.8 Å². The van der Waals surface area contributed by atoms with E-state index in [1.165, 1.54) is 30.6 Å². The van der Waals surface area contributed by atoms with Crippen LogP contribution in [0.3, 0.4) is 0 Å². The monoisotopic (exact) mass is 399 g/mol. The number of likely N-dealkylation sites (N-methyl/N-ethyl adjacent to an activating group) is 1. The van der Waals surface area contributed by atoms with Crippen LogP contribution in [0.1, 0.15) is 98.8 Å². The van der Waals surface area contributed by atoms with Crippen LogP contribution in [-0.4, -0.2) is 43.3 Å². The second-order valence-electron chi connectivity index (χ2n) is 8.23. The molecule has 0 spiro atoms. The first-order valence-corrected chi connectivity index (χ1v) is 11.4. The Morgan fingerprint density at radius 2 is 1.46 bits per heavy atom. The van der Waals surface area contributed by atoms with Gasteiger partial charge in [-0.15, -0.1) is 0 Å². The Hall–Kier alpha value is -1.26. The fraction of sp³-hybridized carbons (Fsp3) is 0.913. The molecule has 0 heterocycles. The summed E-state index contributed by atoms with van der Waals surface area (Å²) in [7, 11) is 1.63. The van der Waals surface area contributed by atoms with Crippen molar-refractivity contribution in [2.24, 2.45) is 11.8 Å². The molecule has 0 aliphatic carbocycles. The molecule has 5 nitrogen and oxygen atoms in total. The number of hydrogen-bond donors (Lipinski definition) is 0. The van der Waals surface area contributed by atoms with E-state index < -0.39 is 12.1 Å². The number of amides is 1. The zero-order valence-corrected chi connectivity index (χ0v) is 19.3. The summed E-state index contributed by atoms with van der Waals surface area (Å²) in [5.74, 6) is 0.0205. The summed E-state index contributed by atoms with van der Waals surface area (Å²) < 4.78 is 10.9. The number of hydrogen-bond acceptors (Lipinski definition) is 4. The van der Waals surface area contributed by atoms with E-state index in [9.17, 15) is 9.59 Å². The lowest BCUT2D eigenvalue weighted by Gasteiger charge is -2.29. The molecule has 0 fully saturated rings. The van der Waals surface area contributed by atoms with Crippen LogP contribution in [0.5, 0.6) is 0 Å². The summed E-state index contributed by atoms with van der Waals surface area (Å²) in [5.41, 5.74) is 0. The van der Waals surface area contributed by atoms with Gasteiger partial charge in [-0.05, 0) is 24.7 Å². The third-order valence-corrected chi connectivity index (χ3v) is 5.31. The van der Waals surface area contributed by atoms with E-state index >= 15 is 0 Å². The first kappa shape index (κ1) is 26.7. The molecule has 2 atom stereocenters. The van der Waals surface area contributed by atoms with E-state index in [1.807, 2.05) is 13.8 Å². The third-order valence-electron chi connectivity index (χ3n) is 5.31. The summed E-state index contributed by atoms with van der Waals surface area (Å²) in [5, 5.41) is 0. The van der Waals surface area contributed by atoms with Gasteiger partial charge in [0.05, 0.1) is 13.2 Å². The minimum absolute atomic E-state index is 0.0309. The van der Waals surface area contributed by atoms with Crippen molar-refractivity contribution in [3.05, 3.63) is 0 Å². The van der Waals surface area contributed by atoms with Gasteiger partial charge in [0.15, 0.2) is 0 Å². The third kappa shape index (κ3) is 11.6. The van der Waals surface area contributed by atoms with Gasteiger partial charge in [0, 0.05) is 7.05 Å². The summed E-state index contributed by atoms with van der Waals surface area (Å²) in [4.78, 5) is 26.4. The van der Waals surface area contributed by atoms with Crippen molar-refractivity contribution in [3.63, 3.8) is 0 Å². The number of rotatable bonds is 16. The lowest BCUT2D eigenvalue weighted by Crippen LogP contribution is -2.47. The van der Waals surface area contributed by atoms with E-state index in [4.69, 9.17) is 9.47 Å². The smallest absolute Gasteiger partial charge is 0.410 e. The number of ether oxygens (including phenoxy) is 2. The van der Waals surface area contributed by atoms with Gasteiger partial charge in [0.2, 0.25) is 0 Å². The van der Waals surface area contributed by atoms with Crippen molar-refractivity contribution >= 4 is 12.1 Å². The second kappa shape index (κ2) is 16.7. The predicted octanol–water partition coefficient (Wildman–Crippen LogP) is 6.20. The Kier molecular flexibility index (Phi) is 15.9. The highest BCUT2D eigenvalue weighted by molar-refractivity contribution is 5.81. The Balaban J connectivity index is 4.42. The highest BCUT2D eigenvalue weighted by Crippen LogP contribution is 2.16. The molecule has 0 rings (SSSR count). The molecule has 0 N–H and O–H groups in total. The number of unbranched alkanes of at least 4 members (excludes halogenated alkanes) is 6. The zero-order valence-electron chi connectivity index (χ0n) is 19.3. The molecule has 28 heavy (non-hydrogen) atoms. The van der Waals surface area contributed by atoms with Crippen LogP contribution in [0.25, 0.3) is 0 Å². The molecule has 0 aromatic carbocycles. The number of carbonyl (C=O) groups excluding carboxylic acids is 2. The lowest BCUT2D eigenvalue weighted by molar-refractivity contribution is -0.150. The van der Waals surface area contributed by atoms with Crippen molar-refractivity contribution < 1.29 is 19.1 Å². The SMILES string of the molecule is CCCCCCCCOC(=O)C(C(C)C)N(C)C(=O)OCC(CC)CCCC. The summed E-state index contributed by atoms with van der Waals surface area (Å²) in [6.07, 6.45) is 10.8. The van der Waals surface area contributed by atoms with Crippen LogP contribution >= 0.6 is 0 Å². The molecule has 0 saturated carbocycles. The van der Waals surface area contributed by atoms with Gasteiger partial charge in [-0.2, -0.15) is 0 Å². The standard InChI is InChI=1S/C23H45NO4/c1-7-10-12-13-14-15-17-27-22(25)21(19(4)5)24(6)23(26)28-18-20(9-3)16-11-8-2/h19-21H,7-18H2,1-6H3. The fourth-order valence-electron chi connectivity index (χ4n) is 3.32. The summed E-state index contributed by atoms with van der Waals surface area (Å²) in [6.45, 7) is 11.2. The Morgan fingerprint density at radius 3 is 2.04 bits per heavy atom. The van der Waals surface area contributed by atoms with Gasteiger partial charge < -0.3 is 9.47 Å². The average molecular weight is 400 g/mol. The topological polar surface area (TPSA) is 55.8 Å². The first-order valence-electron chi connectivity index (χ1n) is 11.4. The molecule has 5 heteroatoms. The fourth-order valence-corrected chi connectivity index (χ4v) is 3.32. The van der Waals surface area contributed by atoms with Gasteiger partial charge >= 0.3 is 12.1 Å². The summed E-state index contributed by atoms with van der Waals surface area (Å²) in [6, 6.07) is -0.608. The molecule has 0 saturated heterocycles. The predicted molar refractivity (Wildman–Crippen MR) is 115 cm³/mol. The van der Waals surface area contributed by atoms with Crippen molar-refractivity contribution in [2.75, 3.05) is 20.3 Å². The van der Waals surface area contributed by atoms with Gasteiger partial charge in [0.1, 0.15) is 6.04 Å². The maximum absolute atomic E-state index is 12.5. The molecule has 1 amide bonds. The molecule has 166 valence electrons. The Bertz CT molecular complexity index is 411. The van der Waals surface area contributed by atoms with E-state index in [2.05, 4.69) is 20.8 Å². The van der Waals surface area contributed by atoms with Crippen molar-refractivity contribution in [1.82, 2.24) is 4.90 Å². The summed E-state index contributed by atoms with van der Waals surface area (Å²) >= 11 is 0. The maximum Gasteiger partial charge on any atom is 0.410 e. The van der Waals surface area contributed by atoms with Crippen LogP contribution < -0.4 is 0 Å². The van der Waals surface area contributed by atoms with Crippen molar-refractivity contribution in [2.45, 2.75) is 105 Å². The van der Waals surface area contributed by atoms with Crippen LogP contribution in [0.15, 0.2) is 0 Å². The number of carbonyl (C=O) groups is 2. The van der Waals surface area contributed by atoms with Gasteiger partial charge in [0.25, 0.3) is 0 Å². The molecular formula is C23H45NO4.